The van der Waals surface area contributed by atoms with Crippen molar-refractivity contribution >= 4 is 12.0 Å². The van der Waals surface area contributed by atoms with Crippen LogP contribution < -0.4 is 0 Å². The van der Waals surface area contributed by atoms with Crippen molar-refractivity contribution in [1.29, 1.82) is 0 Å². The molecule has 106 valence electrons. The highest BCUT2D eigenvalue weighted by atomic mass is 16.6. The minimum atomic E-state index is -0.424. The molecule has 19 heavy (non-hydrogen) atoms. The Kier molecular flexibility index (Phi) is 3.27. The van der Waals surface area contributed by atoms with E-state index in [4.69, 9.17) is 4.74 Å². The molecule has 0 bridgehead atoms. The summed E-state index contributed by atoms with van der Waals surface area (Å²) in [5.41, 5.74) is 0. The number of hydrogen-bond donors (Lipinski definition) is 0. The molecule has 0 aromatic rings. The fourth-order valence-corrected chi connectivity index (χ4v) is 4.22. The Bertz CT molecular complexity index is 393. The van der Waals surface area contributed by atoms with Crippen LogP contribution in [0.2, 0.25) is 0 Å². The first-order valence-corrected chi connectivity index (χ1v) is 7.63. The zero-order valence-corrected chi connectivity index (χ0v) is 11.8. The molecule has 1 heterocycles. The normalized spacial score (nSPS) is 38.8. The average Bonchev–Trinajstić information content (AvgIpc) is 2.38. The molecule has 0 aromatic carbocycles. The summed E-state index contributed by atoms with van der Waals surface area (Å²) in [6.07, 6.45) is 6.31. The Labute approximate surface area is 114 Å². The first-order valence-electron chi connectivity index (χ1n) is 7.63. The van der Waals surface area contributed by atoms with Crippen LogP contribution >= 0.6 is 0 Å². The summed E-state index contributed by atoms with van der Waals surface area (Å²) in [6.45, 7) is 3.73. The summed E-state index contributed by atoms with van der Waals surface area (Å²) in [7, 11) is 0. The van der Waals surface area contributed by atoms with Crippen molar-refractivity contribution in [2.75, 3.05) is 0 Å². The lowest BCUT2D eigenvalue weighted by atomic mass is 9.65. The van der Waals surface area contributed by atoms with Gasteiger partial charge in [0.2, 0.25) is 5.91 Å². The third-order valence-corrected chi connectivity index (χ3v) is 5.14. The summed E-state index contributed by atoms with van der Waals surface area (Å²) in [6, 6.07) is -0.106. The molecule has 4 unspecified atom stereocenters. The van der Waals surface area contributed by atoms with Gasteiger partial charge >= 0.3 is 6.09 Å². The number of ether oxygens (including phenoxy) is 1. The summed E-state index contributed by atoms with van der Waals surface area (Å²) in [5.74, 6) is 1.01. The van der Waals surface area contributed by atoms with E-state index < -0.39 is 6.09 Å². The predicted molar refractivity (Wildman–Crippen MR) is 70.4 cm³/mol. The van der Waals surface area contributed by atoms with E-state index in [1.807, 2.05) is 13.8 Å². The highest BCUT2D eigenvalue weighted by molar-refractivity contribution is 5.96. The van der Waals surface area contributed by atoms with Crippen molar-refractivity contribution in [3.63, 3.8) is 0 Å². The van der Waals surface area contributed by atoms with Gasteiger partial charge < -0.3 is 4.74 Å². The van der Waals surface area contributed by atoms with Gasteiger partial charge in [-0.1, -0.05) is 19.3 Å². The van der Waals surface area contributed by atoms with Gasteiger partial charge in [-0.3, -0.25) is 4.79 Å². The largest absolute Gasteiger partial charge is 0.445 e. The lowest BCUT2D eigenvalue weighted by molar-refractivity contribution is -0.157. The van der Waals surface area contributed by atoms with Crippen molar-refractivity contribution < 1.29 is 14.3 Å². The molecular formula is C15H23NO3. The summed E-state index contributed by atoms with van der Waals surface area (Å²) >= 11 is 0. The van der Waals surface area contributed by atoms with Crippen LogP contribution in [0, 0.1) is 17.8 Å². The average molecular weight is 265 g/mol. The van der Waals surface area contributed by atoms with E-state index in [1.165, 1.54) is 24.2 Å². The van der Waals surface area contributed by atoms with Gasteiger partial charge in [-0.05, 0) is 44.9 Å². The second-order valence-corrected chi connectivity index (χ2v) is 6.54. The first-order chi connectivity index (χ1) is 9.09. The molecule has 0 spiro atoms. The molecule has 3 aliphatic rings. The molecule has 3 rings (SSSR count). The SMILES string of the molecule is CC(C)N1C(=O)OC2C(CCC3CCCCC32)C1=O. The van der Waals surface area contributed by atoms with Crippen molar-refractivity contribution in [2.45, 2.75) is 64.5 Å². The Balaban J connectivity index is 1.83. The van der Waals surface area contributed by atoms with E-state index in [-0.39, 0.29) is 24.0 Å². The van der Waals surface area contributed by atoms with Crippen LogP contribution in [-0.4, -0.2) is 29.0 Å². The fraction of sp³-hybridized carbons (Fsp3) is 0.867. The van der Waals surface area contributed by atoms with Crippen LogP contribution in [0.3, 0.4) is 0 Å². The highest BCUT2D eigenvalue weighted by Gasteiger charge is 2.51. The van der Waals surface area contributed by atoms with Gasteiger partial charge in [0.25, 0.3) is 0 Å². The fourth-order valence-electron chi connectivity index (χ4n) is 4.22. The van der Waals surface area contributed by atoms with Crippen LogP contribution in [0.25, 0.3) is 0 Å². The molecule has 2 saturated carbocycles. The molecule has 4 heteroatoms. The van der Waals surface area contributed by atoms with Crippen LogP contribution in [0.4, 0.5) is 4.79 Å². The van der Waals surface area contributed by atoms with Gasteiger partial charge in [0, 0.05) is 6.04 Å². The molecule has 2 amide bonds. The van der Waals surface area contributed by atoms with E-state index in [1.54, 1.807) is 0 Å². The molecule has 4 nitrogen and oxygen atoms in total. The number of fused-ring (bicyclic) bond motifs is 3. The smallest absolute Gasteiger partial charge is 0.417 e. The highest BCUT2D eigenvalue weighted by Crippen LogP contribution is 2.46. The summed E-state index contributed by atoms with van der Waals surface area (Å²) in [5, 5.41) is 0. The number of imide groups is 1. The van der Waals surface area contributed by atoms with Crippen molar-refractivity contribution in [3.8, 4) is 0 Å². The lowest BCUT2D eigenvalue weighted by Gasteiger charge is -2.48. The number of amides is 2. The second-order valence-electron chi connectivity index (χ2n) is 6.54. The van der Waals surface area contributed by atoms with E-state index in [0.29, 0.717) is 11.8 Å². The maximum absolute atomic E-state index is 12.5. The Morgan fingerprint density at radius 2 is 1.84 bits per heavy atom. The van der Waals surface area contributed by atoms with Crippen LogP contribution in [0.15, 0.2) is 0 Å². The van der Waals surface area contributed by atoms with Gasteiger partial charge in [0.1, 0.15) is 6.10 Å². The molecule has 0 radical (unpaired) electrons. The van der Waals surface area contributed by atoms with Gasteiger partial charge in [-0.2, -0.15) is 0 Å². The topological polar surface area (TPSA) is 46.6 Å². The number of carbonyl (C=O) groups is 2. The maximum Gasteiger partial charge on any atom is 0.417 e. The monoisotopic (exact) mass is 265 g/mol. The van der Waals surface area contributed by atoms with Crippen molar-refractivity contribution in [2.24, 2.45) is 17.8 Å². The first kappa shape index (κ1) is 12.9. The molecule has 2 aliphatic carbocycles. The predicted octanol–water partition coefficient (Wildman–Crippen LogP) is 2.96. The Hall–Kier alpha value is -1.06. The standard InChI is InChI=1S/C15H23NO3/c1-9(2)16-14(17)12-8-7-10-5-3-4-6-11(10)13(12)19-15(16)18/h9-13H,3-8H2,1-2H3. The van der Waals surface area contributed by atoms with Gasteiger partial charge in [0.05, 0.1) is 5.92 Å². The zero-order chi connectivity index (χ0) is 13.6. The number of hydrogen-bond acceptors (Lipinski definition) is 3. The lowest BCUT2D eigenvalue weighted by Crippen LogP contribution is -2.59. The number of rotatable bonds is 1. The van der Waals surface area contributed by atoms with E-state index in [0.717, 1.165) is 19.3 Å². The minimum Gasteiger partial charge on any atom is -0.445 e. The molecule has 0 aromatic heterocycles. The second kappa shape index (κ2) is 4.80. The summed E-state index contributed by atoms with van der Waals surface area (Å²) in [4.78, 5) is 25.9. The van der Waals surface area contributed by atoms with E-state index in [9.17, 15) is 9.59 Å². The minimum absolute atomic E-state index is 0.000253. The Morgan fingerprint density at radius 1 is 1.11 bits per heavy atom. The quantitative estimate of drug-likeness (QED) is 0.732. The molecule has 4 atom stereocenters. The van der Waals surface area contributed by atoms with Gasteiger partial charge in [0.15, 0.2) is 0 Å². The maximum atomic E-state index is 12.5. The van der Waals surface area contributed by atoms with E-state index >= 15 is 0 Å². The van der Waals surface area contributed by atoms with Crippen LogP contribution in [0.5, 0.6) is 0 Å². The van der Waals surface area contributed by atoms with Gasteiger partial charge in [-0.15, -0.1) is 0 Å². The van der Waals surface area contributed by atoms with Crippen molar-refractivity contribution in [1.82, 2.24) is 4.90 Å². The zero-order valence-electron chi connectivity index (χ0n) is 11.8. The molecule has 3 fully saturated rings. The number of carbonyl (C=O) groups excluding carboxylic acids is 2. The molecular weight excluding hydrogens is 242 g/mol. The van der Waals surface area contributed by atoms with Crippen LogP contribution in [0.1, 0.15) is 52.4 Å². The van der Waals surface area contributed by atoms with E-state index in [2.05, 4.69) is 0 Å². The number of nitrogens with zero attached hydrogens (tertiary/aromatic N) is 1. The third kappa shape index (κ3) is 2.05. The van der Waals surface area contributed by atoms with Crippen molar-refractivity contribution in [3.05, 3.63) is 0 Å². The molecule has 0 N–H and O–H groups in total. The summed E-state index contributed by atoms with van der Waals surface area (Å²) < 4.78 is 5.67. The van der Waals surface area contributed by atoms with Gasteiger partial charge in [-0.25, -0.2) is 9.69 Å². The Morgan fingerprint density at radius 3 is 2.58 bits per heavy atom. The molecule has 1 aliphatic heterocycles. The molecule has 1 saturated heterocycles. The third-order valence-electron chi connectivity index (χ3n) is 5.14. The van der Waals surface area contributed by atoms with Crippen LogP contribution in [-0.2, 0) is 9.53 Å².